The van der Waals surface area contributed by atoms with Crippen LogP contribution in [0.15, 0.2) is 47.2 Å². The smallest absolute Gasteiger partial charge is 0.411 e. The number of nitrogens with one attached hydrogen (secondary N) is 3. The Morgan fingerprint density at radius 1 is 1.15 bits per heavy atom. The van der Waals surface area contributed by atoms with Gasteiger partial charge in [0.05, 0.1) is 34.0 Å². The molecule has 4 aliphatic rings. The van der Waals surface area contributed by atoms with Gasteiger partial charge >= 0.3 is 6.09 Å². The van der Waals surface area contributed by atoms with Gasteiger partial charge in [0, 0.05) is 19.5 Å². The minimum Gasteiger partial charge on any atom is -0.446 e. The number of carbonyl (C=O) groups excluding carboxylic acids is 4. The van der Waals surface area contributed by atoms with Gasteiger partial charge in [0.25, 0.3) is 5.91 Å². The van der Waals surface area contributed by atoms with Crippen molar-refractivity contribution in [1.82, 2.24) is 19.9 Å². The van der Waals surface area contributed by atoms with E-state index in [1.54, 1.807) is 31.0 Å². The lowest BCUT2D eigenvalue weighted by atomic mass is 9.93. The topological polar surface area (TPSA) is 177 Å². The lowest BCUT2D eigenvalue weighted by molar-refractivity contribution is -0.140. The largest absolute Gasteiger partial charge is 0.446 e. The van der Waals surface area contributed by atoms with Crippen LogP contribution in [0.2, 0.25) is 0 Å². The molecule has 1 aromatic carbocycles. The molecule has 0 bridgehead atoms. The molecule has 1 aromatic heterocycles. The number of ether oxygens (including phenoxy) is 1. The van der Waals surface area contributed by atoms with Crippen LogP contribution in [0, 0.1) is 24.7 Å². The molecule has 4 amide bonds. The molecule has 14 heteroatoms. The molecule has 0 saturated heterocycles. The number of allylic oxidation sites excluding steroid dienone is 1. The van der Waals surface area contributed by atoms with Gasteiger partial charge in [0.2, 0.25) is 27.7 Å². The zero-order valence-electron chi connectivity index (χ0n) is 26.8. The van der Waals surface area contributed by atoms with Crippen LogP contribution in [0.25, 0.3) is 11.5 Å². The van der Waals surface area contributed by atoms with Gasteiger partial charge in [-0.1, -0.05) is 18.2 Å². The van der Waals surface area contributed by atoms with Gasteiger partial charge in [0.1, 0.15) is 17.9 Å². The fourth-order valence-corrected chi connectivity index (χ4v) is 7.90. The van der Waals surface area contributed by atoms with E-state index in [1.807, 2.05) is 25.1 Å². The van der Waals surface area contributed by atoms with Crippen molar-refractivity contribution in [1.29, 1.82) is 0 Å². The molecule has 13 nitrogen and oxygen atoms in total. The van der Waals surface area contributed by atoms with Crippen molar-refractivity contribution < 1.29 is 36.7 Å². The van der Waals surface area contributed by atoms with Crippen LogP contribution in [-0.2, 0) is 29.1 Å². The van der Waals surface area contributed by atoms with E-state index < -0.39 is 56.2 Å². The van der Waals surface area contributed by atoms with Crippen LogP contribution >= 0.6 is 0 Å². The predicted octanol–water partition coefficient (Wildman–Crippen LogP) is 3.67. The maximum absolute atomic E-state index is 14.0. The summed E-state index contributed by atoms with van der Waals surface area (Å²) in [5.41, 5.74) is 0.421. The second kappa shape index (κ2) is 12.4. The summed E-state index contributed by atoms with van der Waals surface area (Å²) in [4.78, 5) is 60.2. The fourth-order valence-electron chi connectivity index (χ4n) is 6.59. The van der Waals surface area contributed by atoms with Crippen LogP contribution in [-0.4, -0.2) is 72.1 Å². The minimum absolute atomic E-state index is 0.0541. The number of carbonyl (C=O) groups is 4. The number of hydrogen-bond acceptors (Lipinski definition) is 9. The SMILES string of the molecule is Cc1ccc(-c2ncco2)c(NC(=O)O[C@@H]2C[C@H]3C(=O)N[C@]4(C(=O)NS(=O)(=O)C5(C)CC5)C[C@H]4C=CCCCCN(C)C(=O)[C@@H]3C2)c1. The monoisotopic (exact) mass is 667 g/mol. The molecule has 3 N–H and O–H groups in total. The predicted molar refractivity (Wildman–Crippen MR) is 171 cm³/mol. The Balaban J connectivity index is 1.21. The van der Waals surface area contributed by atoms with Crippen molar-refractivity contribution in [2.45, 2.75) is 81.6 Å². The normalized spacial score (nSPS) is 28.7. The number of rotatable bonds is 6. The summed E-state index contributed by atoms with van der Waals surface area (Å²) >= 11 is 0. The molecule has 252 valence electrons. The first-order valence-corrected chi connectivity index (χ1v) is 17.6. The third-order valence-electron chi connectivity index (χ3n) is 9.98. The van der Waals surface area contributed by atoms with Gasteiger partial charge < -0.3 is 19.4 Å². The van der Waals surface area contributed by atoms with E-state index in [9.17, 15) is 27.6 Å². The van der Waals surface area contributed by atoms with Gasteiger partial charge in [-0.3, -0.25) is 24.4 Å². The summed E-state index contributed by atoms with van der Waals surface area (Å²) in [5, 5.41) is 5.61. The first-order chi connectivity index (χ1) is 22.3. The Hall–Kier alpha value is -4.20. The molecule has 1 aliphatic heterocycles. The second-order valence-electron chi connectivity index (χ2n) is 13.6. The van der Waals surface area contributed by atoms with Crippen LogP contribution in [0.1, 0.15) is 63.9 Å². The van der Waals surface area contributed by atoms with E-state index >= 15 is 0 Å². The van der Waals surface area contributed by atoms with Gasteiger partial charge in [-0.15, -0.1) is 0 Å². The second-order valence-corrected chi connectivity index (χ2v) is 15.8. The molecule has 5 atom stereocenters. The Kier molecular flexibility index (Phi) is 8.66. The summed E-state index contributed by atoms with van der Waals surface area (Å²) in [6, 6.07) is 5.39. The molecule has 0 unspecified atom stereocenters. The maximum atomic E-state index is 14.0. The van der Waals surface area contributed by atoms with E-state index in [2.05, 4.69) is 20.3 Å². The van der Waals surface area contributed by atoms with Crippen molar-refractivity contribution >= 4 is 39.5 Å². The highest BCUT2D eigenvalue weighted by Gasteiger charge is 2.63. The van der Waals surface area contributed by atoms with E-state index in [4.69, 9.17) is 9.15 Å². The molecular weight excluding hydrogens is 626 g/mol. The van der Waals surface area contributed by atoms with Gasteiger partial charge in [-0.25, -0.2) is 18.2 Å². The number of aryl methyl sites for hydroxylation is 1. The van der Waals surface area contributed by atoms with Crippen LogP contribution in [0.4, 0.5) is 10.5 Å². The number of nitrogens with zero attached hydrogens (tertiary/aromatic N) is 2. The molecule has 6 rings (SSSR count). The summed E-state index contributed by atoms with van der Waals surface area (Å²) in [5.74, 6) is -3.34. The van der Waals surface area contributed by atoms with Crippen LogP contribution < -0.4 is 15.4 Å². The molecule has 3 saturated carbocycles. The molecule has 0 radical (unpaired) electrons. The van der Waals surface area contributed by atoms with Crippen molar-refractivity contribution in [2.75, 3.05) is 18.9 Å². The highest BCUT2D eigenvalue weighted by Crippen LogP contribution is 2.48. The number of hydrogen-bond donors (Lipinski definition) is 3. The number of anilines is 1. The van der Waals surface area contributed by atoms with Crippen LogP contribution in [0.3, 0.4) is 0 Å². The van der Waals surface area contributed by atoms with E-state index in [1.165, 1.54) is 12.5 Å². The zero-order valence-corrected chi connectivity index (χ0v) is 27.6. The van der Waals surface area contributed by atoms with Crippen molar-refractivity contribution in [3.8, 4) is 11.5 Å². The average molecular weight is 668 g/mol. The molecular formula is C33H41N5O8S. The van der Waals surface area contributed by atoms with Crippen LogP contribution in [0.5, 0.6) is 0 Å². The standard InChI is InChI=1S/C33H41N5O8S/c1-20-9-10-23(28-34-13-15-45-28)26(16-20)35-31(42)46-22-17-24-25(18-22)29(40)38(3)14-7-5-4-6-8-21-19-33(21,36-27(24)39)30(41)37-47(43,44)32(2)11-12-32/h6,8-10,13,15-16,21-22,24-25H,4-5,7,11-12,14,17-19H2,1-3H3,(H,35,42)(H,36,39)(H,37,41)/t21-,22-,24-,25-,33-/m1/s1. The lowest BCUT2D eigenvalue weighted by Gasteiger charge is -2.27. The Morgan fingerprint density at radius 3 is 2.64 bits per heavy atom. The number of amides is 4. The number of aromatic nitrogens is 1. The molecule has 2 aromatic rings. The van der Waals surface area contributed by atoms with Gasteiger partial charge in [0.15, 0.2) is 0 Å². The molecule has 2 heterocycles. The van der Waals surface area contributed by atoms with E-state index in [0.717, 1.165) is 24.8 Å². The Bertz CT molecular complexity index is 1700. The van der Waals surface area contributed by atoms with E-state index in [-0.39, 0.29) is 31.1 Å². The summed E-state index contributed by atoms with van der Waals surface area (Å²) < 4.78 is 38.3. The summed E-state index contributed by atoms with van der Waals surface area (Å²) in [6.07, 6.45) is 8.81. The number of oxazole rings is 1. The van der Waals surface area contributed by atoms with Crippen molar-refractivity contribution in [3.63, 3.8) is 0 Å². The van der Waals surface area contributed by atoms with Crippen molar-refractivity contribution in [2.24, 2.45) is 17.8 Å². The number of sulfonamides is 1. The molecule has 3 aliphatic carbocycles. The van der Waals surface area contributed by atoms with Crippen molar-refractivity contribution in [3.05, 3.63) is 48.4 Å². The molecule has 47 heavy (non-hydrogen) atoms. The minimum atomic E-state index is -3.94. The third kappa shape index (κ3) is 6.65. The summed E-state index contributed by atoms with van der Waals surface area (Å²) in [7, 11) is -2.25. The highest BCUT2D eigenvalue weighted by atomic mass is 32.2. The Labute approximate surface area is 273 Å². The highest BCUT2D eigenvalue weighted by molar-refractivity contribution is 7.91. The third-order valence-corrected chi connectivity index (χ3v) is 12.1. The van der Waals surface area contributed by atoms with Gasteiger partial charge in [-0.2, -0.15) is 0 Å². The Morgan fingerprint density at radius 2 is 1.91 bits per heavy atom. The molecule has 3 fully saturated rings. The van der Waals surface area contributed by atoms with E-state index in [0.29, 0.717) is 36.5 Å². The zero-order chi connectivity index (χ0) is 33.6. The number of benzene rings is 1. The fraction of sp³-hybridized carbons (Fsp3) is 0.545. The lowest BCUT2D eigenvalue weighted by Crippen LogP contribution is -2.55. The maximum Gasteiger partial charge on any atom is 0.411 e. The first-order valence-electron chi connectivity index (χ1n) is 16.1. The average Bonchev–Trinajstić information content (AvgIpc) is 3.77. The quantitative estimate of drug-likeness (QED) is 0.388. The number of fused-ring (bicyclic) bond motifs is 2. The summed E-state index contributed by atoms with van der Waals surface area (Å²) in [6.45, 7) is 3.97. The first kappa shape index (κ1) is 32.7. The van der Waals surface area contributed by atoms with Gasteiger partial charge in [-0.05, 0) is 82.9 Å². The molecule has 0 spiro atoms.